The van der Waals surface area contributed by atoms with Crippen molar-refractivity contribution in [2.45, 2.75) is 38.6 Å². The van der Waals surface area contributed by atoms with Crippen LogP contribution in [0, 0.1) is 6.92 Å². The normalized spacial score (nSPS) is 18.0. The number of pyridine rings is 1. The summed E-state index contributed by atoms with van der Waals surface area (Å²) in [6.45, 7) is 1.95. The standard InChI is InChI=1S/C17H19N3O2/c1-11-13-5-3-6-15(14(13)8-9-18-11)20-17(22)10-12-4-2-7-16(21)19-12/h3,5-6,8-9,12H,2,4,7,10H2,1H3,(H,19,21)(H,20,22). The van der Waals surface area contributed by atoms with E-state index >= 15 is 0 Å². The topological polar surface area (TPSA) is 71.1 Å². The maximum absolute atomic E-state index is 12.2. The Bertz CT molecular complexity index is 727. The third-order valence-electron chi connectivity index (χ3n) is 4.03. The van der Waals surface area contributed by atoms with Crippen molar-refractivity contribution in [2.75, 3.05) is 5.32 Å². The molecule has 1 atom stereocenters. The van der Waals surface area contributed by atoms with E-state index in [1.165, 1.54) is 0 Å². The number of amides is 2. The van der Waals surface area contributed by atoms with Crippen molar-refractivity contribution in [3.8, 4) is 0 Å². The molecule has 3 rings (SSSR count). The summed E-state index contributed by atoms with van der Waals surface area (Å²) >= 11 is 0. The number of hydrogen-bond acceptors (Lipinski definition) is 3. The fourth-order valence-corrected chi connectivity index (χ4v) is 2.92. The number of carbonyl (C=O) groups is 2. The first kappa shape index (κ1) is 14.5. The van der Waals surface area contributed by atoms with E-state index < -0.39 is 0 Å². The van der Waals surface area contributed by atoms with E-state index in [9.17, 15) is 9.59 Å². The summed E-state index contributed by atoms with van der Waals surface area (Å²) in [7, 11) is 0. The van der Waals surface area contributed by atoms with Crippen LogP contribution in [0.2, 0.25) is 0 Å². The van der Waals surface area contributed by atoms with Crippen LogP contribution in [0.25, 0.3) is 10.8 Å². The van der Waals surface area contributed by atoms with Crippen molar-refractivity contribution < 1.29 is 9.59 Å². The highest BCUT2D eigenvalue weighted by Crippen LogP contribution is 2.25. The molecule has 2 amide bonds. The lowest BCUT2D eigenvalue weighted by atomic mass is 10.0. The molecule has 1 saturated heterocycles. The number of piperidine rings is 1. The van der Waals surface area contributed by atoms with Gasteiger partial charge in [0, 0.05) is 47.2 Å². The smallest absolute Gasteiger partial charge is 0.226 e. The van der Waals surface area contributed by atoms with Crippen LogP contribution in [-0.4, -0.2) is 22.8 Å². The van der Waals surface area contributed by atoms with E-state index in [4.69, 9.17) is 0 Å². The Kier molecular flexibility index (Phi) is 4.04. The first-order valence-corrected chi connectivity index (χ1v) is 7.57. The molecule has 0 bridgehead atoms. The molecule has 0 saturated carbocycles. The largest absolute Gasteiger partial charge is 0.353 e. The van der Waals surface area contributed by atoms with Crippen LogP contribution < -0.4 is 10.6 Å². The van der Waals surface area contributed by atoms with Gasteiger partial charge in [0.05, 0.1) is 0 Å². The highest BCUT2D eigenvalue weighted by Gasteiger charge is 2.21. The summed E-state index contributed by atoms with van der Waals surface area (Å²) in [5.41, 5.74) is 1.73. The van der Waals surface area contributed by atoms with E-state index in [1.807, 2.05) is 31.2 Å². The fraction of sp³-hybridized carbons (Fsp3) is 0.353. The van der Waals surface area contributed by atoms with E-state index in [0.717, 1.165) is 35.0 Å². The van der Waals surface area contributed by atoms with E-state index in [-0.39, 0.29) is 17.9 Å². The van der Waals surface area contributed by atoms with Crippen LogP contribution in [0.1, 0.15) is 31.4 Å². The summed E-state index contributed by atoms with van der Waals surface area (Å²) in [6, 6.07) is 7.64. The molecular weight excluding hydrogens is 278 g/mol. The zero-order valence-corrected chi connectivity index (χ0v) is 12.6. The Morgan fingerprint density at radius 3 is 3.05 bits per heavy atom. The third kappa shape index (κ3) is 3.08. The number of aryl methyl sites for hydroxylation is 1. The molecule has 0 aliphatic carbocycles. The molecule has 1 aromatic carbocycles. The van der Waals surface area contributed by atoms with Crippen molar-refractivity contribution in [3.05, 3.63) is 36.2 Å². The number of aromatic nitrogens is 1. The van der Waals surface area contributed by atoms with E-state index in [0.29, 0.717) is 12.8 Å². The van der Waals surface area contributed by atoms with Gasteiger partial charge in [-0.1, -0.05) is 12.1 Å². The molecule has 22 heavy (non-hydrogen) atoms. The summed E-state index contributed by atoms with van der Waals surface area (Å²) in [4.78, 5) is 27.9. The van der Waals surface area contributed by atoms with Gasteiger partial charge in [-0.15, -0.1) is 0 Å². The highest BCUT2D eigenvalue weighted by atomic mass is 16.2. The van der Waals surface area contributed by atoms with Gasteiger partial charge in [-0.05, 0) is 31.9 Å². The molecular formula is C17H19N3O2. The average molecular weight is 297 g/mol. The van der Waals surface area contributed by atoms with Gasteiger partial charge < -0.3 is 10.6 Å². The molecule has 5 nitrogen and oxygen atoms in total. The van der Waals surface area contributed by atoms with Gasteiger partial charge in [-0.25, -0.2) is 0 Å². The Balaban J connectivity index is 1.74. The minimum atomic E-state index is -0.0748. The minimum Gasteiger partial charge on any atom is -0.353 e. The molecule has 2 heterocycles. The minimum absolute atomic E-state index is 0.0379. The van der Waals surface area contributed by atoms with Crippen molar-refractivity contribution in [2.24, 2.45) is 0 Å². The SMILES string of the molecule is Cc1nccc2c(NC(=O)CC3CCCC(=O)N3)cccc12. The average Bonchev–Trinajstić information content (AvgIpc) is 2.48. The number of nitrogens with zero attached hydrogens (tertiary/aromatic N) is 1. The third-order valence-corrected chi connectivity index (χ3v) is 4.03. The lowest BCUT2D eigenvalue weighted by Crippen LogP contribution is -2.40. The summed E-state index contributed by atoms with van der Waals surface area (Å²) in [6.07, 6.45) is 4.33. The number of hydrogen-bond donors (Lipinski definition) is 2. The molecule has 1 aromatic heterocycles. The number of benzene rings is 1. The van der Waals surface area contributed by atoms with Gasteiger partial charge in [-0.2, -0.15) is 0 Å². The monoisotopic (exact) mass is 297 g/mol. The van der Waals surface area contributed by atoms with Crippen LogP contribution in [0.5, 0.6) is 0 Å². The first-order valence-electron chi connectivity index (χ1n) is 7.57. The Labute approximate surface area is 129 Å². The number of carbonyl (C=O) groups excluding carboxylic acids is 2. The van der Waals surface area contributed by atoms with Crippen LogP contribution >= 0.6 is 0 Å². The second-order valence-electron chi connectivity index (χ2n) is 5.71. The summed E-state index contributed by atoms with van der Waals surface area (Å²) < 4.78 is 0. The molecule has 2 aromatic rings. The Morgan fingerprint density at radius 1 is 1.36 bits per heavy atom. The van der Waals surface area contributed by atoms with Crippen molar-refractivity contribution in [3.63, 3.8) is 0 Å². The lowest BCUT2D eigenvalue weighted by molar-refractivity contribution is -0.124. The van der Waals surface area contributed by atoms with Gasteiger partial charge in [-0.3, -0.25) is 14.6 Å². The molecule has 5 heteroatoms. The van der Waals surface area contributed by atoms with Gasteiger partial charge in [0.15, 0.2) is 0 Å². The molecule has 1 aliphatic heterocycles. The molecule has 0 radical (unpaired) electrons. The van der Waals surface area contributed by atoms with E-state index in [1.54, 1.807) is 6.20 Å². The number of nitrogens with one attached hydrogen (secondary N) is 2. The quantitative estimate of drug-likeness (QED) is 0.914. The number of anilines is 1. The summed E-state index contributed by atoms with van der Waals surface area (Å²) in [5, 5.41) is 7.84. The Hall–Kier alpha value is -2.43. The molecule has 1 fully saturated rings. The predicted molar refractivity (Wildman–Crippen MR) is 85.5 cm³/mol. The number of fused-ring (bicyclic) bond motifs is 1. The maximum Gasteiger partial charge on any atom is 0.226 e. The molecule has 0 spiro atoms. The fourth-order valence-electron chi connectivity index (χ4n) is 2.92. The highest BCUT2D eigenvalue weighted by molar-refractivity contribution is 6.02. The number of rotatable bonds is 3. The maximum atomic E-state index is 12.2. The predicted octanol–water partition coefficient (Wildman–Crippen LogP) is 2.54. The Morgan fingerprint density at radius 2 is 2.23 bits per heavy atom. The first-order chi connectivity index (χ1) is 10.6. The van der Waals surface area contributed by atoms with Gasteiger partial charge in [0.25, 0.3) is 0 Å². The van der Waals surface area contributed by atoms with Crippen LogP contribution in [0.4, 0.5) is 5.69 Å². The second kappa shape index (κ2) is 6.13. The molecule has 2 N–H and O–H groups in total. The van der Waals surface area contributed by atoms with Gasteiger partial charge in [0.1, 0.15) is 0 Å². The van der Waals surface area contributed by atoms with Crippen molar-refractivity contribution >= 4 is 28.3 Å². The van der Waals surface area contributed by atoms with Gasteiger partial charge in [0.2, 0.25) is 11.8 Å². The lowest BCUT2D eigenvalue weighted by Gasteiger charge is -2.22. The van der Waals surface area contributed by atoms with Crippen LogP contribution in [-0.2, 0) is 9.59 Å². The van der Waals surface area contributed by atoms with Crippen LogP contribution in [0.15, 0.2) is 30.5 Å². The van der Waals surface area contributed by atoms with Gasteiger partial charge >= 0.3 is 0 Å². The molecule has 1 unspecified atom stereocenters. The van der Waals surface area contributed by atoms with E-state index in [2.05, 4.69) is 15.6 Å². The van der Waals surface area contributed by atoms with Crippen molar-refractivity contribution in [1.29, 1.82) is 0 Å². The molecule has 1 aliphatic rings. The molecule has 114 valence electrons. The van der Waals surface area contributed by atoms with Crippen molar-refractivity contribution in [1.82, 2.24) is 10.3 Å². The zero-order chi connectivity index (χ0) is 15.5. The summed E-state index contributed by atoms with van der Waals surface area (Å²) in [5.74, 6) is -0.0370. The zero-order valence-electron chi connectivity index (χ0n) is 12.6. The van der Waals surface area contributed by atoms with Crippen LogP contribution in [0.3, 0.4) is 0 Å². The second-order valence-corrected chi connectivity index (χ2v) is 5.71.